The molecule has 0 amide bonds. The smallest absolute Gasteiger partial charge is 0.340 e. The van der Waals surface area contributed by atoms with Gasteiger partial charge in [0, 0.05) is 11.4 Å². The Labute approximate surface area is 147 Å². The Morgan fingerprint density at radius 1 is 1.20 bits per heavy atom. The Hall–Kier alpha value is -2.76. The van der Waals surface area contributed by atoms with Gasteiger partial charge in [-0.1, -0.05) is 0 Å². The number of rotatable bonds is 7. The van der Waals surface area contributed by atoms with Crippen LogP contribution < -0.4 is 10.1 Å². The first-order valence-corrected chi connectivity index (χ1v) is 8.20. The lowest BCUT2D eigenvalue weighted by Crippen LogP contribution is -2.27. The van der Waals surface area contributed by atoms with Gasteiger partial charge < -0.3 is 19.8 Å². The highest BCUT2D eigenvalue weighted by molar-refractivity contribution is 6.04. The van der Waals surface area contributed by atoms with Crippen LogP contribution in [0.15, 0.2) is 24.3 Å². The summed E-state index contributed by atoms with van der Waals surface area (Å²) in [5.41, 5.74) is 2.92. The number of aromatic nitrogens is 1. The van der Waals surface area contributed by atoms with Crippen molar-refractivity contribution in [1.29, 1.82) is 0 Å². The normalized spacial score (nSPS) is 11.7. The summed E-state index contributed by atoms with van der Waals surface area (Å²) in [4.78, 5) is 27.9. The number of ketones is 1. The fraction of sp³-hybridized carbons (Fsp3) is 0.368. The van der Waals surface area contributed by atoms with Crippen LogP contribution in [-0.2, 0) is 4.74 Å². The molecule has 0 aliphatic carbocycles. The van der Waals surface area contributed by atoms with Crippen molar-refractivity contribution >= 4 is 17.4 Å². The highest BCUT2D eigenvalue weighted by Crippen LogP contribution is 2.22. The molecule has 0 saturated heterocycles. The van der Waals surface area contributed by atoms with Crippen molar-refractivity contribution < 1.29 is 19.1 Å². The number of methoxy groups -OCH3 is 1. The molecule has 6 nitrogen and oxygen atoms in total. The standard InChI is InChI=1S/C19H24N2O4/c1-6-25-19(23)16-11(2)17(21-12(16)3)18(22)13(4)20-14-7-9-15(24-5)10-8-14/h7-10,13,20-21H,6H2,1-5H3/t13-/m0/s1. The number of aryl methyl sites for hydroxylation is 1. The third-order valence-corrected chi connectivity index (χ3v) is 4.03. The number of hydrogen-bond donors (Lipinski definition) is 2. The molecule has 1 aromatic carbocycles. The summed E-state index contributed by atoms with van der Waals surface area (Å²) in [6.07, 6.45) is 0. The van der Waals surface area contributed by atoms with Crippen LogP contribution in [-0.4, -0.2) is 36.5 Å². The summed E-state index contributed by atoms with van der Waals surface area (Å²) in [7, 11) is 1.60. The van der Waals surface area contributed by atoms with Gasteiger partial charge >= 0.3 is 5.97 Å². The molecule has 0 spiro atoms. The molecule has 2 N–H and O–H groups in total. The lowest BCUT2D eigenvalue weighted by atomic mass is 10.0. The molecular weight excluding hydrogens is 320 g/mol. The number of nitrogens with one attached hydrogen (secondary N) is 2. The van der Waals surface area contributed by atoms with Crippen LogP contribution in [0.3, 0.4) is 0 Å². The summed E-state index contributed by atoms with van der Waals surface area (Å²) >= 11 is 0. The van der Waals surface area contributed by atoms with Gasteiger partial charge in [0.25, 0.3) is 0 Å². The topological polar surface area (TPSA) is 80.4 Å². The number of esters is 1. The average molecular weight is 344 g/mol. The molecule has 0 aliphatic heterocycles. The van der Waals surface area contributed by atoms with Crippen LogP contribution in [0.25, 0.3) is 0 Å². The summed E-state index contributed by atoms with van der Waals surface area (Å²) in [5, 5.41) is 3.16. The Bertz CT molecular complexity index is 762. The van der Waals surface area contributed by atoms with Gasteiger partial charge in [-0.15, -0.1) is 0 Å². The van der Waals surface area contributed by atoms with Crippen molar-refractivity contribution in [3.63, 3.8) is 0 Å². The van der Waals surface area contributed by atoms with Gasteiger partial charge in [0.15, 0.2) is 0 Å². The molecule has 0 saturated carbocycles. The molecule has 6 heteroatoms. The first kappa shape index (κ1) is 18.6. The van der Waals surface area contributed by atoms with Crippen LogP contribution in [0.2, 0.25) is 0 Å². The van der Waals surface area contributed by atoms with Crippen molar-refractivity contribution in [2.24, 2.45) is 0 Å². The predicted molar refractivity (Wildman–Crippen MR) is 96.6 cm³/mol. The van der Waals surface area contributed by atoms with E-state index < -0.39 is 12.0 Å². The van der Waals surface area contributed by atoms with E-state index in [9.17, 15) is 9.59 Å². The fourth-order valence-electron chi connectivity index (χ4n) is 2.73. The second kappa shape index (κ2) is 7.88. The van der Waals surface area contributed by atoms with Crippen LogP contribution in [0.1, 0.15) is 46.0 Å². The molecule has 2 aromatic rings. The van der Waals surface area contributed by atoms with E-state index in [1.807, 2.05) is 24.3 Å². The maximum atomic E-state index is 12.8. The van der Waals surface area contributed by atoms with Gasteiger partial charge in [-0.05, 0) is 57.5 Å². The van der Waals surface area contributed by atoms with Gasteiger partial charge in [0.05, 0.1) is 31.0 Å². The molecule has 1 heterocycles. The Morgan fingerprint density at radius 3 is 2.40 bits per heavy atom. The Balaban J connectivity index is 2.18. The quantitative estimate of drug-likeness (QED) is 0.593. The molecule has 0 bridgehead atoms. The first-order valence-electron chi connectivity index (χ1n) is 8.20. The second-order valence-corrected chi connectivity index (χ2v) is 5.80. The highest BCUT2D eigenvalue weighted by Gasteiger charge is 2.25. The minimum atomic E-state index is -0.458. The number of carbonyl (C=O) groups is 2. The molecule has 25 heavy (non-hydrogen) atoms. The second-order valence-electron chi connectivity index (χ2n) is 5.80. The van der Waals surface area contributed by atoms with Gasteiger partial charge in [-0.25, -0.2) is 4.79 Å². The van der Waals surface area contributed by atoms with Crippen LogP contribution >= 0.6 is 0 Å². The number of anilines is 1. The molecular formula is C19H24N2O4. The van der Waals surface area contributed by atoms with Gasteiger partial charge in [0.2, 0.25) is 5.78 Å². The van der Waals surface area contributed by atoms with Crippen molar-refractivity contribution in [3.05, 3.63) is 46.8 Å². The summed E-state index contributed by atoms with van der Waals surface area (Å²) in [6, 6.07) is 6.88. The lowest BCUT2D eigenvalue weighted by Gasteiger charge is -2.14. The van der Waals surface area contributed by atoms with Crippen LogP contribution in [0, 0.1) is 13.8 Å². The SMILES string of the molecule is CCOC(=O)c1c(C)[nH]c(C(=O)[C@H](C)Nc2ccc(OC)cc2)c1C. The molecule has 2 rings (SSSR count). The number of hydrogen-bond acceptors (Lipinski definition) is 5. The number of carbonyl (C=O) groups excluding carboxylic acids is 2. The zero-order valence-corrected chi connectivity index (χ0v) is 15.2. The number of ether oxygens (including phenoxy) is 2. The number of aromatic amines is 1. The number of H-pyrrole nitrogens is 1. The molecule has 0 unspecified atom stereocenters. The predicted octanol–water partition coefficient (Wildman–Crippen LogP) is 3.50. The molecule has 0 radical (unpaired) electrons. The van der Waals surface area contributed by atoms with E-state index in [0.717, 1.165) is 11.4 Å². The van der Waals surface area contributed by atoms with Crippen molar-refractivity contribution in [2.45, 2.75) is 33.7 Å². The molecule has 1 atom stereocenters. The van der Waals surface area contributed by atoms with E-state index in [0.29, 0.717) is 29.1 Å². The third-order valence-electron chi connectivity index (χ3n) is 4.03. The average Bonchev–Trinajstić information content (AvgIpc) is 2.89. The Morgan fingerprint density at radius 2 is 1.84 bits per heavy atom. The van der Waals surface area contributed by atoms with Crippen molar-refractivity contribution in [3.8, 4) is 5.75 Å². The van der Waals surface area contributed by atoms with Gasteiger partial charge in [-0.2, -0.15) is 0 Å². The maximum absolute atomic E-state index is 12.8. The van der Waals surface area contributed by atoms with E-state index >= 15 is 0 Å². The molecule has 134 valence electrons. The van der Waals surface area contributed by atoms with Crippen molar-refractivity contribution in [2.75, 3.05) is 19.0 Å². The van der Waals surface area contributed by atoms with E-state index in [4.69, 9.17) is 9.47 Å². The summed E-state index contributed by atoms with van der Waals surface area (Å²) in [5.74, 6) is 0.218. The maximum Gasteiger partial charge on any atom is 0.340 e. The number of Topliss-reactive ketones (excluding diaryl/α,β-unsaturated/α-hetero) is 1. The summed E-state index contributed by atoms with van der Waals surface area (Å²) < 4.78 is 10.2. The molecule has 0 fully saturated rings. The van der Waals surface area contributed by atoms with Crippen LogP contribution in [0.4, 0.5) is 5.69 Å². The largest absolute Gasteiger partial charge is 0.497 e. The highest BCUT2D eigenvalue weighted by atomic mass is 16.5. The van der Waals surface area contributed by atoms with Crippen molar-refractivity contribution in [1.82, 2.24) is 4.98 Å². The van der Waals surface area contributed by atoms with E-state index in [1.54, 1.807) is 34.8 Å². The minimum absolute atomic E-state index is 0.119. The summed E-state index contributed by atoms with van der Waals surface area (Å²) in [6.45, 7) is 7.34. The van der Waals surface area contributed by atoms with E-state index in [1.165, 1.54) is 0 Å². The van der Waals surface area contributed by atoms with Crippen LogP contribution in [0.5, 0.6) is 5.75 Å². The molecule has 0 aliphatic rings. The zero-order chi connectivity index (χ0) is 18.6. The monoisotopic (exact) mass is 344 g/mol. The van der Waals surface area contributed by atoms with Gasteiger partial charge in [0.1, 0.15) is 5.75 Å². The zero-order valence-electron chi connectivity index (χ0n) is 15.2. The molecule has 1 aromatic heterocycles. The number of benzene rings is 1. The van der Waals surface area contributed by atoms with Gasteiger partial charge in [-0.3, -0.25) is 4.79 Å². The third kappa shape index (κ3) is 4.02. The fourth-order valence-corrected chi connectivity index (χ4v) is 2.73. The van der Waals surface area contributed by atoms with E-state index in [-0.39, 0.29) is 5.78 Å². The van der Waals surface area contributed by atoms with E-state index in [2.05, 4.69) is 10.3 Å². The lowest BCUT2D eigenvalue weighted by molar-refractivity contribution is 0.0525. The minimum Gasteiger partial charge on any atom is -0.497 e. The Kier molecular flexibility index (Phi) is 5.85. The first-order chi connectivity index (χ1) is 11.9.